The number of ether oxygens (including phenoxy) is 1. The van der Waals surface area contributed by atoms with Crippen LogP contribution in [0.2, 0.25) is 0 Å². The van der Waals surface area contributed by atoms with Crippen LogP contribution in [-0.2, 0) is 14.8 Å². The van der Waals surface area contributed by atoms with Crippen LogP contribution in [0, 0.1) is 6.92 Å². The molecular weight excluding hydrogens is 304 g/mol. The summed E-state index contributed by atoms with van der Waals surface area (Å²) in [6, 6.07) is 4.77. The van der Waals surface area contributed by atoms with Crippen LogP contribution in [0.3, 0.4) is 0 Å². The summed E-state index contributed by atoms with van der Waals surface area (Å²) < 4.78 is 32.5. The Labute approximate surface area is 130 Å². The van der Waals surface area contributed by atoms with E-state index < -0.39 is 10.0 Å². The molecule has 2 aliphatic rings. The van der Waals surface area contributed by atoms with Crippen LogP contribution < -0.4 is 4.72 Å². The zero-order valence-corrected chi connectivity index (χ0v) is 13.4. The zero-order chi connectivity index (χ0) is 15.7. The van der Waals surface area contributed by atoms with E-state index in [0.717, 1.165) is 18.4 Å². The van der Waals surface area contributed by atoms with Gasteiger partial charge in [-0.05, 0) is 37.5 Å². The summed E-state index contributed by atoms with van der Waals surface area (Å²) in [5.41, 5.74) is 1.22. The predicted octanol–water partition coefficient (Wildman–Crippen LogP) is 0.908. The van der Waals surface area contributed by atoms with Gasteiger partial charge in [0.2, 0.25) is 10.0 Å². The molecule has 1 N–H and O–H groups in total. The molecule has 0 unspecified atom stereocenters. The van der Waals surface area contributed by atoms with Gasteiger partial charge in [0.05, 0.1) is 18.1 Å². The van der Waals surface area contributed by atoms with Crippen molar-refractivity contribution in [3.05, 3.63) is 29.3 Å². The highest BCUT2D eigenvalue weighted by atomic mass is 32.2. The number of sulfonamides is 1. The van der Waals surface area contributed by atoms with Gasteiger partial charge in [-0.25, -0.2) is 13.1 Å². The highest BCUT2D eigenvalue weighted by molar-refractivity contribution is 7.89. The first-order valence-electron chi connectivity index (χ1n) is 7.47. The van der Waals surface area contributed by atoms with Crippen LogP contribution in [0.1, 0.15) is 28.8 Å². The maximum atomic E-state index is 12.6. The fourth-order valence-electron chi connectivity index (χ4n) is 2.42. The number of hydrogen-bond acceptors (Lipinski definition) is 4. The summed E-state index contributed by atoms with van der Waals surface area (Å²) in [5, 5.41) is 0. The second-order valence-corrected chi connectivity index (χ2v) is 7.49. The van der Waals surface area contributed by atoms with Gasteiger partial charge in [0.25, 0.3) is 5.91 Å². The highest BCUT2D eigenvalue weighted by Crippen LogP contribution is 2.23. The van der Waals surface area contributed by atoms with Gasteiger partial charge in [-0.3, -0.25) is 4.79 Å². The SMILES string of the molecule is Cc1ccc(S(=O)(=O)NC2CC2)cc1C(=O)N1CCOCC1. The molecule has 1 heterocycles. The number of morpholine rings is 1. The summed E-state index contributed by atoms with van der Waals surface area (Å²) in [7, 11) is -3.55. The molecule has 2 fully saturated rings. The van der Waals surface area contributed by atoms with Crippen LogP contribution in [-0.4, -0.2) is 51.6 Å². The number of benzene rings is 1. The maximum absolute atomic E-state index is 12.6. The van der Waals surface area contributed by atoms with E-state index in [9.17, 15) is 13.2 Å². The molecule has 1 aromatic carbocycles. The minimum absolute atomic E-state index is 0.0460. The van der Waals surface area contributed by atoms with Crippen molar-refractivity contribution in [2.24, 2.45) is 0 Å². The molecule has 0 radical (unpaired) electrons. The number of nitrogens with one attached hydrogen (secondary N) is 1. The fraction of sp³-hybridized carbons (Fsp3) is 0.533. The molecule has 6 nitrogen and oxygen atoms in total. The second kappa shape index (κ2) is 5.98. The molecule has 7 heteroatoms. The minimum Gasteiger partial charge on any atom is -0.378 e. The Morgan fingerprint density at radius 3 is 2.59 bits per heavy atom. The third-order valence-corrected chi connectivity index (χ3v) is 5.47. The van der Waals surface area contributed by atoms with E-state index in [0.29, 0.717) is 31.9 Å². The lowest BCUT2D eigenvalue weighted by Crippen LogP contribution is -2.41. The van der Waals surface area contributed by atoms with E-state index in [1.165, 1.54) is 6.07 Å². The first-order valence-corrected chi connectivity index (χ1v) is 8.96. The summed E-state index contributed by atoms with van der Waals surface area (Å²) in [6.07, 6.45) is 1.76. The molecule has 0 spiro atoms. The van der Waals surface area contributed by atoms with Gasteiger partial charge >= 0.3 is 0 Å². The molecule has 0 bridgehead atoms. The molecule has 3 rings (SSSR count). The number of amides is 1. The zero-order valence-electron chi connectivity index (χ0n) is 12.5. The monoisotopic (exact) mass is 324 g/mol. The average Bonchev–Trinajstić information content (AvgIpc) is 3.31. The lowest BCUT2D eigenvalue weighted by Gasteiger charge is -2.27. The van der Waals surface area contributed by atoms with Crippen molar-refractivity contribution in [1.82, 2.24) is 9.62 Å². The summed E-state index contributed by atoms with van der Waals surface area (Å²) in [4.78, 5) is 14.4. The minimum atomic E-state index is -3.55. The Morgan fingerprint density at radius 1 is 1.27 bits per heavy atom. The number of rotatable bonds is 4. The van der Waals surface area contributed by atoms with Crippen molar-refractivity contribution in [2.45, 2.75) is 30.7 Å². The third-order valence-electron chi connectivity index (χ3n) is 3.95. The standard InChI is InChI=1S/C15H20N2O4S/c1-11-2-5-13(22(19,20)16-12-3-4-12)10-14(11)15(18)17-6-8-21-9-7-17/h2,5,10,12,16H,3-4,6-9H2,1H3. The lowest BCUT2D eigenvalue weighted by molar-refractivity contribution is 0.0302. The Balaban J connectivity index is 1.87. The molecule has 1 saturated heterocycles. The first kappa shape index (κ1) is 15.5. The van der Waals surface area contributed by atoms with Gasteiger partial charge in [0.1, 0.15) is 0 Å². The van der Waals surface area contributed by atoms with Crippen molar-refractivity contribution in [3.63, 3.8) is 0 Å². The van der Waals surface area contributed by atoms with Gasteiger partial charge in [-0.15, -0.1) is 0 Å². The average molecular weight is 324 g/mol. The van der Waals surface area contributed by atoms with E-state index in [4.69, 9.17) is 4.74 Å². The van der Waals surface area contributed by atoms with E-state index in [1.54, 1.807) is 17.0 Å². The molecule has 22 heavy (non-hydrogen) atoms. The Hall–Kier alpha value is -1.44. The smallest absolute Gasteiger partial charge is 0.254 e. The third kappa shape index (κ3) is 3.31. The quantitative estimate of drug-likeness (QED) is 0.893. The number of aryl methyl sites for hydroxylation is 1. The van der Waals surface area contributed by atoms with Crippen LogP contribution in [0.5, 0.6) is 0 Å². The van der Waals surface area contributed by atoms with Crippen molar-refractivity contribution in [1.29, 1.82) is 0 Å². The molecule has 1 saturated carbocycles. The number of nitrogens with zero attached hydrogens (tertiary/aromatic N) is 1. The van der Waals surface area contributed by atoms with E-state index in [-0.39, 0.29) is 16.8 Å². The highest BCUT2D eigenvalue weighted by Gasteiger charge is 2.29. The lowest BCUT2D eigenvalue weighted by atomic mass is 10.1. The van der Waals surface area contributed by atoms with Gasteiger partial charge in [0, 0.05) is 24.7 Å². The van der Waals surface area contributed by atoms with Crippen LogP contribution in [0.25, 0.3) is 0 Å². The summed E-state index contributed by atoms with van der Waals surface area (Å²) >= 11 is 0. The molecule has 0 aromatic heterocycles. The molecule has 120 valence electrons. The van der Waals surface area contributed by atoms with E-state index in [2.05, 4.69) is 4.72 Å². The maximum Gasteiger partial charge on any atom is 0.254 e. The van der Waals surface area contributed by atoms with Gasteiger partial charge in [0.15, 0.2) is 0 Å². The van der Waals surface area contributed by atoms with Gasteiger partial charge in [-0.2, -0.15) is 0 Å². The van der Waals surface area contributed by atoms with Crippen molar-refractivity contribution >= 4 is 15.9 Å². The van der Waals surface area contributed by atoms with Crippen LogP contribution in [0.4, 0.5) is 0 Å². The Morgan fingerprint density at radius 2 is 1.95 bits per heavy atom. The molecule has 1 amide bonds. The van der Waals surface area contributed by atoms with Crippen molar-refractivity contribution < 1.29 is 17.9 Å². The van der Waals surface area contributed by atoms with E-state index in [1.807, 2.05) is 6.92 Å². The molecule has 1 aromatic rings. The molecule has 1 aliphatic heterocycles. The molecular formula is C15H20N2O4S. The first-order chi connectivity index (χ1) is 10.5. The summed E-state index contributed by atoms with van der Waals surface area (Å²) in [6.45, 7) is 3.93. The van der Waals surface area contributed by atoms with Crippen molar-refractivity contribution in [3.8, 4) is 0 Å². The van der Waals surface area contributed by atoms with Gasteiger partial charge in [-0.1, -0.05) is 6.07 Å². The molecule has 0 atom stereocenters. The number of carbonyl (C=O) groups is 1. The molecule has 1 aliphatic carbocycles. The van der Waals surface area contributed by atoms with E-state index >= 15 is 0 Å². The number of hydrogen-bond donors (Lipinski definition) is 1. The second-order valence-electron chi connectivity index (χ2n) is 5.78. The Bertz CT molecular complexity index is 677. The van der Waals surface area contributed by atoms with Gasteiger partial charge < -0.3 is 9.64 Å². The summed E-state index contributed by atoms with van der Waals surface area (Å²) in [5.74, 6) is -0.135. The van der Waals surface area contributed by atoms with Crippen LogP contribution in [0.15, 0.2) is 23.1 Å². The topological polar surface area (TPSA) is 75.7 Å². The van der Waals surface area contributed by atoms with Crippen molar-refractivity contribution in [2.75, 3.05) is 26.3 Å². The predicted molar refractivity (Wildman–Crippen MR) is 81.2 cm³/mol. The largest absolute Gasteiger partial charge is 0.378 e. The van der Waals surface area contributed by atoms with Crippen LogP contribution >= 0.6 is 0 Å². The fourth-order valence-corrected chi connectivity index (χ4v) is 3.75. The number of carbonyl (C=O) groups excluding carboxylic acids is 1. The Kier molecular flexibility index (Phi) is 4.20. The normalized spacial score (nSPS) is 19.2.